The van der Waals surface area contributed by atoms with Gasteiger partial charge in [-0.1, -0.05) is 0 Å². The van der Waals surface area contributed by atoms with E-state index in [0.29, 0.717) is 37.4 Å². The molecule has 0 saturated carbocycles. The number of rotatable bonds is 6. The highest BCUT2D eigenvalue weighted by Gasteiger charge is 2.32. The molecule has 9 heteroatoms. The molecule has 0 radical (unpaired) electrons. The molecule has 2 aromatic rings. The van der Waals surface area contributed by atoms with Crippen molar-refractivity contribution in [2.45, 2.75) is 32.0 Å². The number of carbonyl (C=O) groups is 2. The minimum absolute atomic E-state index is 0.117. The number of ether oxygens (including phenoxy) is 2. The monoisotopic (exact) mass is 464 g/mol. The van der Waals surface area contributed by atoms with Gasteiger partial charge >= 0.3 is 6.18 Å². The van der Waals surface area contributed by atoms with Crippen LogP contribution in [0.15, 0.2) is 42.5 Å². The summed E-state index contributed by atoms with van der Waals surface area (Å²) in [6.45, 7) is 2.57. The smallest absolute Gasteiger partial charge is 0.416 e. The third-order valence-corrected chi connectivity index (χ3v) is 5.87. The molecule has 0 aromatic heterocycles. The van der Waals surface area contributed by atoms with Gasteiger partial charge in [-0.3, -0.25) is 9.59 Å². The molecule has 33 heavy (non-hydrogen) atoms. The van der Waals surface area contributed by atoms with Crippen molar-refractivity contribution < 1.29 is 32.2 Å². The number of carbonyl (C=O) groups excluding carboxylic acids is 2. The van der Waals surface area contributed by atoms with E-state index in [-0.39, 0.29) is 29.3 Å². The molecule has 1 fully saturated rings. The molecule has 1 N–H and O–H groups in total. The summed E-state index contributed by atoms with van der Waals surface area (Å²) in [5, 5.41) is 3.00. The van der Waals surface area contributed by atoms with Crippen molar-refractivity contribution >= 4 is 11.8 Å². The van der Waals surface area contributed by atoms with Crippen LogP contribution in [0.5, 0.6) is 11.5 Å². The lowest BCUT2D eigenvalue weighted by atomic mass is 9.94. The Balaban J connectivity index is 1.57. The fraction of sp³-hybridized carbons (Fsp3) is 0.417. The maximum absolute atomic E-state index is 12.8. The molecule has 1 unspecified atom stereocenters. The second-order valence-corrected chi connectivity index (χ2v) is 7.98. The zero-order valence-electron chi connectivity index (χ0n) is 18.7. The molecule has 2 amide bonds. The van der Waals surface area contributed by atoms with E-state index < -0.39 is 11.7 Å². The number of hydrogen-bond acceptors (Lipinski definition) is 4. The Morgan fingerprint density at radius 3 is 2.21 bits per heavy atom. The van der Waals surface area contributed by atoms with E-state index in [1.165, 1.54) is 12.1 Å². The highest BCUT2D eigenvalue weighted by atomic mass is 19.4. The molecule has 0 spiro atoms. The molecule has 2 aromatic carbocycles. The van der Waals surface area contributed by atoms with E-state index >= 15 is 0 Å². The number of nitrogens with one attached hydrogen (secondary N) is 1. The van der Waals surface area contributed by atoms with E-state index in [1.54, 1.807) is 31.3 Å². The second-order valence-electron chi connectivity index (χ2n) is 7.98. The van der Waals surface area contributed by atoms with Crippen LogP contribution in [0.3, 0.4) is 0 Å². The summed E-state index contributed by atoms with van der Waals surface area (Å²) in [5.41, 5.74) is 0.195. The molecule has 3 rings (SSSR count). The summed E-state index contributed by atoms with van der Waals surface area (Å²) in [7, 11) is 3.12. The van der Waals surface area contributed by atoms with Crippen LogP contribution in [-0.4, -0.2) is 44.0 Å². The summed E-state index contributed by atoms with van der Waals surface area (Å²) in [5.74, 6) is 0.578. The molecule has 1 aliphatic rings. The van der Waals surface area contributed by atoms with Crippen molar-refractivity contribution in [2.24, 2.45) is 5.92 Å². The highest BCUT2D eigenvalue weighted by molar-refractivity contribution is 5.94. The Labute approximate surface area is 190 Å². The highest BCUT2D eigenvalue weighted by Crippen LogP contribution is 2.31. The van der Waals surface area contributed by atoms with Crippen LogP contribution in [0.25, 0.3) is 0 Å². The summed E-state index contributed by atoms with van der Waals surface area (Å²) < 4.78 is 48.8. The first-order valence-corrected chi connectivity index (χ1v) is 10.6. The SMILES string of the molecule is COc1ccc(OC)c(C(C)NC(=O)C2CCN(C(=O)c3ccc(C(F)(F)F)cc3)CC2)c1. The predicted molar refractivity (Wildman–Crippen MR) is 116 cm³/mol. The first kappa shape index (κ1) is 24.4. The Bertz CT molecular complexity index is 984. The fourth-order valence-corrected chi connectivity index (χ4v) is 3.92. The van der Waals surface area contributed by atoms with Gasteiger partial charge in [0.2, 0.25) is 5.91 Å². The molecule has 1 saturated heterocycles. The number of methoxy groups -OCH3 is 2. The normalized spacial score (nSPS) is 15.6. The van der Waals surface area contributed by atoms with Crippen molar-refractivity contribution in [1.29, 1.82) is 0 Å². The van der Waals surface area contributed by atoms with Crippen molar-refractivity contribution in [3.63, 3.8) is 0 Å². The van der Waals surface area contributed by atoms with Crippen LogP contribution in [0.4, 0.5) is 13.2 Å². The minimum atomic E-state index is -4.45. The van der Waals surface area contributed by atoms with Crippen LogP contribution in [0.2, 0.25) is 0 Å². The van der Waals surface area contributed by atoms with Crippen LogP contribution in [-0.2, 0) is 11.0 Å². The summed E-state index contributed by atoms with van der Waals surface area (Å²) in [4.78, 5) is 27.0. The van der Waals surface area contributed by atoms with Crippen LogP contribution in [0, 0.1) is 5.92 Å². The minimum Gasteiger partial charge on any atom is -0.497 e. The van der Waals surface area contributed by atoms with Gasteiger partial charge in [0.05, 0.1) is 25.8 Å². The van der Waals surface area contributed by atoms with Gasteiger partial charge in [0.15, 0.2) is 0 Å². The van der Waals surface area contributed by atoms with Gasteiger partial charge in [0, 0.05) is 30.1 Å². The maximum Gasteiger partial charge on any atom is 0.416 e. The first-order valence-electron chi connectivity index (χ1n) is 10.6. The number of piperidine rings is 1. The Hall–Kier alpha value is -3.23. The molecule has 0 bridgehead atoms. The standard InChI is InChI=1S/C24H27F3N2O4/c1-15(20-14-19(32-2)8-9-21(20)33-3)28-22(30)16-10-12-29(13-11-16)23(31)17-4-6-18(7-5-17)24(25,26)27/h4-9,14-16H,10-13H2,1-3H3,(H,28,30). The lowest BCUT2D eigenvalue weighted by Gasteiger charge is -2.32. The van der Waals surface area contributed by atoms with Gasteiger partial charge in [0.1, 0.15) is 11.5 Å². The summed E-state index contributed by atoms with van der Waals surface area (Å²) >= 11 is 0. The van der Waals surface area contributed by atoms with Crippen molar-refractivity contribution in [3.05, 3.63) is 59.2 Å². The third kappa shape index (κ3) is 5.77. The molecular formula is C24H27F3N2O4. The van der Waals surface area contributed by atoms with Gasteiger partial charge < -0.3 is 19.7 Å². The molecule has 1 atom stereocenters. The summed E-state index contributed by atoms with van der Waals surface area (Å²) in [6.07, 6.45) is -3.50. The number of likely N-dealkylation sites (tertiary alicyclic amines) is 1. The van der Waals surface area contributed by atoms with Gasteiger partial charge in [-0.15, -0.1) is 0 Å². The lowest BCUT2D eigenvalue weighted by molar-refractivity contribution is -0.137. The van der Waals surface area contributed by atoms with E-state index in [4.69, 9.17) is 9.47 Å². The third-order valence-electron chi connectivity index (χ3n) is 5.87. The lowest BCUT2D eigenvalue weighted by Crippen LogP contribution is -2.43. The number of benzene rings is 2. The van der Waals surface area contributed by atoms with Gasteiger partial charge in [0.25, 0.3) is 5.91 Å². The summed E-state index contributed by atoms with van der Waals surface area (Å²) in [6, 6.07) is 9.25. The number of nitrogens with zero attached hydrogens (tertiary/aromatic N) is 1. The quantitative estimate of drug-likeness (QED) is 0.686. The van der Waals surface area contributed by atoms with Crippen LogP contribution < -0.4 is 14.8 Å². The largest absolute Gasteiger partial charge is 0.497 e. The van der Waals surface area contributed by atoms with E-state index in [1.807, 2.05) is 13.0 Å². The first-order chi connectivity index (χ1) is 15.6. The molecular weight excluding hydrogens is 437 g/mol. The zero-order chi connectivity index (χ0) is 24.2. The molecule has 0 aliphatic carbocycles. The zero-order valence-corrected chi connectivity index (χ0v) is 18.7. The number of hydrogen-bond donors (Lipinski definition) is 1. The Kier molecular flexibility index (Phi) is 7.50. The van der Waals surface area contributed by atoms with E-state index in [0.717, 1.165) is 17.7 Å². The average Bonchev–Trinajstić information content (AvgIpc) is 2.82. The Morgan fingerprint density at radius 2 is 1.67 bits per heavy atom. The van der Waals surface area contributed by atoms with Crippen LogP contribution in [0.1, 0.15) is 47.3 Å². The van der Waals surface area contributed by atoms with Crippen LogP contribution >= 0.6 is 0 Å². The van der Waals surface area contributed by atoms with Gasteiger partial charge in [-0.05, 0) is 62.2 Å². The van der Waals surface area contributed by atoms with E-state index in [9.17, 15) is 22.8 Å². The van der Waals surface area contributed by atoms with Crippen molar-refractivity contribution in [2.75, 3.05) is 27.3 Å². The molecule has 1 heterocycles. The fourth-order valence-electron chi connectivity index (χ4n) is 3.92. The topological polar surface area (TPSA) is 67.9 Å². The molecule has 1 aliphatic heterocycles. The maximum atomic E-state index is 12.8. The molecule has 6 nitrogen and oxygen atoms in total. The number of alkyl halides is 3. The van der Waals surface area contributed by atoms with Gasteiger partial charge in [-0.2, -0.15) is 13.2 Å². The Morgan fingerprint density at radius 1 is 1.03 bits per heavy atom. The number of halogens is 3. The molecule has 178 valence electrons. The predicted octanol–water partition coefficient (Wildman–Crippen LogP) is 4.45. The van der Waals surface area contributed by atoms with Crippen molar-refractivity contribution in [1.82, 2.24) is 10.2 Å². The van der Waals surface area contributed by atoms with Crippen molar-refractivity contribution in [3.8, 4) is 11.5 Å². The second kappa shape index (κ2) is 10.1. The van der Waals surface area contributed by atoms with E-state index in [2.05, 4.69) is 5.32 Å². The van der Waals surface area contributed by atoms with Gasteiger partial charge in [-0.25, -0.2) is 0 Å². The number of amides is 2. The average molecular weight is 464 g/mol.